The van der Waals surface area contributed by atoms with Gasteiger partial charge in [0.1, 0.15) is 18.1 Å². The first-order chi connectivity index (χ1) is 14.7. The Morgan fingerprint density at radius 2 is 2.06 bits per heavy atom. The number of carbonyl (C=O) groups excluding carboxylic acids is 2. The fraction of sp³-hybridized carbons (Fsp3) is 0.833. The summed E-state index contributed by atoms with van der Waals surface area (Å²) in [5.74, 6) is 2.43. The largest absolute Gasteiger partial charge is 0.459 e. The fourth-order valence-corrected chi connectivity index (χ4v) is 8.03. The van der Waals surface area contributed by atoms with Crippen molar-refractivity contribution in [2.75, 3.05) is 0 Å². The Labute approximate surface area is 183 Å². The third-order valence-electron chi connectivity index (χ3n) is 9.71. The molecule has 0 bridgehead atoms. The van der Waals surface area contributed by atoms with E-state index in [1.807, 2.05) is 6.20 Å². The maximum Gasteiger partial charge on any atom is 0.303 e. The van der Waals surface area contributed by atoms with Crippen molar-refractivity contribution in [2.24, 2.45) is 34.5 Å². The average molecular weight is 430 g/mol. The van der Waals surface area contributed by atoms with Gasteiger partial charge in [-0.05, 0) is 74.0 Å². The smallest absolute Gasteiger partial charge is 0.303 e. The second-order valence-corrected chi connectivity index (χ2v) is 11.1. The number of hydrogen-bond acceptors (Lipinski definition) is 6. The normalized spacial score (nSPS) is 44.3. The van der Waals surface area contributed by atoms with E-state index in [9.17, 15) is 14.7 Å². The number of hydrogen-bond donors (Lipinski definition) is 1. The second kappa shape index (κ2) is 7.39. The number of aromatic nitrogens is 3. The molecule has 1 heterocycles. The third kappa shape index (κ3) is 3.26. The van der Waals surface area contributed by atoms with Gasteiger partial charge in [0.15, 0.2) is 0 Å². The highest BCUT2D eigenvalue weighted by Gasteiger charge is 2.61. The third-order valence-corrected chi connectivity index (χ3v) is 9.71. The molecule has 4 aliphatic rings. The number of nitrogens with zero attached hydrogens (tertiary/aromatic N) is 3. The lowest BCUT2D eigenvalue weighted by atomic mass is 9.44. The van der Waals surface area contributed by atoms with Crippen molar-refractivity contribution in [3.8, 4) is 0 Å². The summed E-state index contributed by atoms with van der Waals surface area (Å²) in [7, 11) is 0. The van der Waals surface area contributed by atoms with E-state index in [0.29, 0.717) is 35.1 Å². The van der Waals surface area contributed by atoms with E-state index in [-0.39, 0.29) is 29.4 Å². The van der Waals surface area contributed by atoms with Crippen LogP contribution >= 0.6 is 0 Å². The molecule has 1 N–H and O–H groups in total. The molecule has 31 heavy (non-hydrogen) atoms. The zero-order valence-electron chi connectivity index (χ0n) is 18.9. The average Bonchev–Trinajstić information content (AvgIpc) is 3.31. The molecule has 4 aliphatic carbocycles. The Bertz CT molecular complexity index is 884. The molecule has 0 amide bonds. The molecule has 0 aromatic carbocycles. The van der Waals surface area contributed by atoms with Gasteiger partial charge in [0, 0.05) is 18.8 Å². The Morgan fingerprint density at radius 3 is 2.84 bits per heavy atom. The highest BCUT2D eigenvalue weighted by Crippen LogP contribution is 2.66. The Hall–Kier alpha value is -1.76. The summed E-state index contributed by atoms with van der Waals surface area (Å²) in [4.78, 5) is 23.8. The van der Waals surface area contributed by atoms with Crippen molar-refractivity contribution in [3.63, 3.8) is 0 Å². The molecule has 7 heteroatoms. The van der Waals surface area contributed by atoms with Gasteiger partial charge in [0.2, 0.25) is 0 Å². The van der Waals surface area contributed by atoms with Crippen molar-refractivity contribution in [2.45, 2.75) is 90.9 Å². The van der Waals surface area contributed by atoms with Crippen molar-refractivity contribution in [1.82, 2.24) is 15.0 Å². The van der Waals surface area contributed by atoms with E-state index in [1.165, 1.54) is 13.3 Å². The topological polar surface area (TPSA) is 94.3 Å². The lowest BCUT2D eigenvalue weighted by Crippen LogP contribution is -2.55. The molecule has 4 saturated carbocycles. The van der Waals surface area contributed by atoms with E-state index in [2.05, 4.69) is 24.2 Å². The Balaban J connectivity index is 1.38. The van der Waals surface area contributed by atoms with Crippen LogP contribution in [0, 0.1) is 34.5 Å². The van der Waals surface area contributed by atoms with Crippen LogP contribution in [0.15, 0.2) is 6.20 Å². The molecule has 4 fully saturated rings. The monoisotopic (exact) mass is 429 g/mol. The van der Waals surface area contributed by atoms with Crippen LogP contribution in [0.1, 0.15) is 83.9 Å². The highest BCUT2D eigenvalue weighted by atomic mass is 16.5. The summed E-state index contributed by atoms with van der Waals surface area (Å²) in [5, 5.41) is 19.4. The Kier molecular flexibility index (Phi) is 5.03. The molecule has 8 atom stereocenters. The molecule has 5 rings (SSSR count). The predicted molar refractivity (Wildman–Crippen MR) is 113 cm³/mol. The molecule has 0 saturated heterocycles. The SMILES string of the molecule is CC(=O)OCc1cn([C@H]2C[C@@]3(C)[C@@H](CC[C@@H]4[C@@H]3CC[C@]3(C)C(=O)CC[C@@H]43)C[C@@H]2O)nn1. The molecule has 1 aromatic rings. The van der Waals surface area contributed by atoms with Gasteiger partial charge in [-0.3, -0.25) is 9.59 Å². The molecule has 0 unspecified atom stereocenters. The molecular formula is C24H35N3O4. The van der Waals surface area contributed by atoms with Crippen LogP contribution in [-0.2, 0) is 20.9 Å². The van der Waals surface area contributed by atoms with Crippen molar-refractivity contribution >= 4 is 11.8 Å². The number of aliphatic hydroxyl groups is 1. The lowest BCUT2D eigenvalue weighted by molar-refractivity contribution is -0.148. The predicted octanol–water partition coefficient (Wildman–Crippen LogP) is 3.46. The minimum Gasteiger partial charge on any atom is -0.459 e. The number of fused-ring (bicyclic) bond motifs is 5. The van der Waals surface area contributed by atoms with Gasteiger partial charge in [0.05, 0.1) is 18.3 Å². The van der Waals surface area contributed by atoms with Crippen LogP contribution in [-0.4, -0.2) is 38.0 Å². The number of Topliss-reactive ketones (excluding diaryl/α,β-unsaturated/α-hetero) is 1. The van der Waals surface area contributed by atoms with Crippen LogP contribution in [0.2, 0.25) is 0 Å². The number of ketones is 1. The molecule has 170 valence electrons. The minimum absolute atomic E-state index is 0.102. The first kappa shape index (κ1) is 21.1. The first-order valence-corrected chi connectivity index (χ1v) is 12.0. The van der Waals surface area contributed by atoms with Gasteiger partial charge in [-0.25, -0.2) is 4.68 Å². The number of carbonyl (C=O) groups is 2. The molecular weight excluding hydrogens is 394 g/mol. The maximum absolute atomic E-state index is 12.7. The number of aliphatic hydroxyl groups excluding tert-OH is 1. The molecule has 0 aliphatic heterocycles. The second-order valence-electron chi connectivity index (χ2n) is 11.1. The maximum atomic E-state index is 12.7. The van der Waals surface area contributed by atoms with Crippen LogP contribution in [0.5, 0.6) is 0 Å². The van der Waals surface area contributed by atoms with Crippen LogP contribution in [0.4, 0.5) is 0 Å². The summed E-state index contributed by atoms with van der Waals surface area (Å²) in [6.07, 6.45) is 9.36. The van der Waals surface area contributed by atoms with Crippen LogP contribution in [0.25, 0.3) is 0 Å². The van der Waals surface area contributed by atoms with Gasteiger partial charge in [-0.2, -0.15) is 0 Å². The van der Waals surface area contributed by atoms with Crippen molar-refractivity contribution in [1.29, 1.82) is 0 Å². The summed E-state index contributed by atoms with van der Waals surface area (Å²) < 4.78 is 6.84. The van der Waals surface area contributed by atoms with E-state index >= 15 is 0 Å². The molecule has 0 spiro atoms. The van der Waals surface area contributed by atoms with Crippen LogP contribution < -0.4 is 0 Å². The minimum atomic E-state index is -0.445. The fourth-order valence-electron chi connectivity index (χ4n) is 8.03. The molecule has 7 nitrogen and oxygen atoms in total. The molecule has 0 radical (unpaired) electrons. The standard InChI is InChI=1S/C24H35N3O4/c1-14(28)31-13-16-12-27(26-25-16)20-11-24(3)15(10-21(20)29)4-5-17-18-6-7-22(30)23(18,2)9-8-19(17)24/h12,15,17-21,29H,4-11,13H2,1-3H3/t15-,17-,18-,19-,20-,21-,23-,24-/m0/s1. The first-order valence-electron chi connectivity index (χ1n) is 12.0. The zero-order valence-corrected chi connectivity index (χ0v) is 18.9. The highest BCUT2D eigenvalue weighted by molar-refractivity contribution is 5.87. The zero-order chi connectivity index (χ0) is 22.0. The van der Waals surface area contributed by atoms with Gasteiger partial charge in [0.25, 0.3) is 0 Å². The lowest BCUT2D eigenvalue weighted by Gasteiger charge is -2.61. The quantitative estimate of drug-likeness (QED) is 0.740. The summed E-state index contributed by atoms with van der Waals surface area (Å²) in [6, 6.07) is -0.114. The van der Waals surface area contributed by atoms with Gasteiger partial charge in [-0.15, -0.1) is 5.10 Å². The van der Waals surface area contributed by atoms with Gasteiger partial charge < -0.3 is 9.84 Å². The van der Waals surface area contributed by atoms with Gasteiger partial charge >= 0.3 is 5.97 Å². The Morgan fingerprint density at radius 1 is 1.26 bits per heavy atom. The summed E-state index contributed by atoms with van der Waals surface area (Å²) in [5.41, 5.74) is 0.645. The van der Waals surface area contributed by atoms with Crippen LogP contribution in [0.3, 0.4) is 0 Å². The van der Waals surface area contributed by atoms with E-state index < -0.39 is 6.10 Å². The molecule has 1 aromatic heterocycles. The van der Waals surface area contributed by atoms with Crippen molar-refractivity contribution in [3.05, 3.63) is 11.9 Å². The number of ether oxygens (including phenoxy) is 1. The van der Waals surface area contributed by atoms with E-state index in [1.54, 1.807) is 4.68 Å². The number of esters is 1. The van der Waals surface area contributed by atoms with E-state index in [0.717, 1.165) is 44.9 Å². The van der Waals surface area contributed by atoms with E-state index in [4.69, 9.17) is 4.74 Å². The summed E-state index contributed by atoms with van der Waals surface area (Å²) >= 11 is 0. The number of rotatable bonds is 3. The van der Waals surface area contributed by atoms with Gasteiger partial charge in [-0.1, -0.05) is 19.1 Å². The van der Waals surface area contributed by atoms with Crippen molar-refractivity contribution < 1.29 is 19.4 Å². The summed E-state index contributed by atoms with van der Waals surface area (Å²) in [6.45, 7) is 6.15.